The van der Waals surface area contributed by atoms with Crippen molar-refractivity contribution in [3.05, 3.63) is 75.7 Å². The van der Waals surface area contributed by atoms with Crippen LogP contribution in [-0.4, -0.2) is 16.7 Å². The summed E-state index contributed by atoms with van der Waals surface area (Å²) < 4.78 is 6.25. The van der Waals surface area contributed by atoms with E-state index < -0.39 is 0 Å². The number of amidine groups is 1. The second-order valence-electron chi connectivity index (χ2n) is 4.94. The molecule has 0 atom stereocenters. The first-order valence-corrected chi connectivity index (χ1v) is 8.73. The summed E-state index contributed by atoms with van der Waals surface area (Å²) in [7, 11) is 0. The highest BCUT2D eigenvalue weighted by Gasteiger charge is 2.34. The van der Waals surface area contributed by atoms with Crippen molar-refractivity contribution in [2.45, 2.75) is 0 Å². The smallest absolute Gasteiger partial charge is 0.284 e. The standard InChI is InChI=1S/C17H10BrN3O2S/c18-12-5-3-11(4-6-12)15-20-14(10-13-2-1-8-23-13)16(22)21(15)17-19-7-9-24-17/h1-10H/b14-10-. The van der Waals surface area contributed by atoms with Gasteiger partial charge in [-0.3, -0.25) is 4.79 Å². The molecule has 0 N–H and O–H groups in total. The van der Waals surface area contributed by atoms with Gasteiger partial charge in [0.1, 0.15) is 17.3 Å². The number of hydrogen-bond donors (Lipinski definition) is 0. The number of aliphatic imine (C=N–C) groups is 1. The first kappa shape index (κ1) is 15.0. The summed E-state index contributed by atoms with van der Waals surface area (Å²) in [4.78, 5) is 23.2. The van der Waals surface area contributed by atoms with Gasteiger partial charge in [0, 0.05) is 27.7 Å². The SMILES string of the molecule is O=C1/C(=C/c2ccco2)N=C(c2ccc(Br)cc2)N1c1nccs1. The number of hydrogen-bond acceptors (Lipinski definition) is 5. The Hall–Kier alpha value is -2.51. The van der Waals surface area contributed by atoms with Gasteiger partial charge in [0.2, 0.25) is 0 Å². The number of rotatable bonds is 3. The molecular weight excluding hydrogens is 390 g/mol. The molecule has 3 aromatic rings. The minimum absolute atomic E-state index is 0.223. The zero-order valence-corrected chi connectivity index (χ0v) is 14.6. The third-order valence-electron chi connectivity index (χ3n) is 3.40. The molecule has 0 radical (unpaired) electrons. The van der Waals surface area contributed by atoms with Gasteiger partial charge >= 0.3 is 0 Å². The van der Waals surface area contributed by atoms with Crippen LogP contribution in [0.2, 0.25) is 0 Å². The molecule has 3 heterocycles. The van der Waals surface area contributed by atoms with Crippen molar-refractivity contribution < 1.29 is 9.21 Å². The van der Waals surface area contributed by atoms with E-state index in [-0.39, 0.29) is 5.91 Å². The first-order valence-electron chi connectivity index (χ1n) is 7.06. The molecule has 0 aliphatic carbocycles. The largest absolute Gasteiger partial charge is 0.465 e. The van der Waals surface area contributed by atoms with Crippen molar-refractivity contribution >= 4 is 50.2 Å². The number of amides is 1. The van der Waals surface area contributed by atoms with E-state index in [4.69, 9.17) is 4.42 Å². The molecule has 5 nitrogen and oxygen atoms in total. The van der Waals surface area contributed by atoms with E-state index in [2.05, 4.69) is 25.9 Å². The second-order valence-corrected chi connectivity index (χ2v) is 6.73. The number of furan rings is 1. The third kappa shape index (κ3) is 2.72. The number of thiazole rings is 1. The average molecular weight is 400 g/mol. The monoisotopic (exact) mass is 399 g/mol. The fraction of sp³-hybridized carbons (Fsp3) is 0. The fourth-order valence-electron chi connectivity index (χ4n) is 2.32. The molecule has 1 aliphatic rings. The lowest BCUT2D eigenvalue weighted by atomic mass is 10.2. The van der Waals surface area contributed by atoms with Crippen LogP contribution < -0.4 is 4.90 Å². The van der Waals surface area contributed by atoms with Gasteiger partial charge in [-0.2, -0.15) is 0 Å². The second kappa shape index (κ2) is 6.18. The highest BCUT2D eigenvalue weighted by atomic mass is 79.9. The Morgan fingerprint density at radius 1 is 1.21 bits per heavy atom. The predicted molar refractivity (Wildman–Crippen MR) is 97.0 cm³/mol. The Bertz CT molecular complexity index is 929. The molecule has 24 heavy (non-hydrogen) atoms. The highest BCUT2D eigenvalue weighted by molar-refractivity contribution is 9.10. The minimum Gasteiger partial charge on any atom is -0.465 e. The van der Waals surface area contributed by atoms with Crippen molar-refractivity contribution in [1.29, 1.82) is 0 Å². The predicted octanol–water partition coefficient (Wildman–Crippen LogP) is 4.33. The van der Waals surface area contributed by atoms with Crippen LogP contribution in [-0.2, 0) is 4.79 Å². The molecule has 1 aromatic carbocycles. The van der Waals surface area contributed by atoms with Gasteiger partial charge in [-0.05, 0) is 24.3 Å². The third-order valence-corrected chi connectivity index (χ3v) is 4.68. The highest BCUT2D eigenvalue weighted by Crippen LogP contribution is 2.29. The summed E-state index contributed by atoms with van der Waals surface area (Å²) in [6.45, 7) is 0. The Morgan fingerprint density at radius 2 is 2.04 bits per heavy atom. The van der Waals surface area contributed by atoms with Crippen LogP contribution in [0.5, 0.6) is 0 Å². The zero-order chi connectivity index (χ0) is 16.5. The number of anilines is 1. The van der Waals surface area contributed by atoms with Crippen LogP contribution in [0.1, 0.15) is 11.3 Å². The van der Waals surface area contributed by atoms with Crippen LogP contribution in [0.3, 0.4) is 0 Å². The maximum absolute atomic E-state index is 12.8. The van der Waals surface area contributed by atoms with Crippen molar-refractivity contribution in [2.24, 2.45) is 4.99 Å². The number of nitrogens with zero attached hydrogens (tertiary/aromatic N) is 3. The van der Waals surface area contributed by atoms with Crippen LogP contribution in [0, 0.1) is 0 Å². The Labute approximate surface area is 150 Å². The lowest BCUT2D eigenvalue weighted by molar-refractivity contribution is -0.113. The van der Waals surface area contributed by atoms with Gasteiger partial charge in [0.25, 0.3) is 5.91 Å². The van der Waals surface area contributed by atoms with Crippen molar-refractivity contribution in [3.63, 3.8) is 0 Å². The lowest BCUT2D eigenvalue weighted by Gasteiger charge is -2.14. The van der Waals surface area contributed by atoms with E-state index in [0.717, 1.165) is 10.0 Å². The number of carbonyl (C=O) groups excluding carboxylic acids is 1. The van der Waals surface area contributed by atoms with E-state index in [1.165, 1.54) is 16.2 Å². The molecule has 0 spiro atoms. The summed E-state index contributed by atoms with van der Waals surface area (Å²) in [5, 5.41) is 2.42. The number of halogens is 1. The molecule has 0 fully saturated rings. The van der Waals surface area contributed by atoms with Gasteiger partial charge in [0.05, 0.1) is 6.26 Å². The number of carbonyl (C=O) groups is 1. The molecule has 0 saturated carbocycles. The molecule has 1 amide bonds. The quantitative estimate of drug-likeness (QED) is 0.615. The Morgan fingerprint density at radius 3 is 2.71 bits per heavy atom. The average Bonchev–Trinajstić information content (AvgIpc) is 3.31. The van der Waals surface area contributed by atoms with E-state index >= 15 is 0 Å². The summed E-state index contributed by atoms with van der Waals surface area (Å²) >= 11 is 4.81. The lowest BCUT2D eigenvalue weighted by Crippen LogP contribution is -2.32. The van der Waals surface area contributed by atoms with E-state index in [0.29, 0.717) is 22.4 Å². The Balaban J connectivity index is 1.82. The van der Waals surface area contributed by atoms with Gasteiger partial charge in [0.15, 0.2) is 5.13 Å². The summed E-state index contributed by atoms with van der Waals surface area (Å²) in [5.74, 6) is 0.915. The molecule has 0 unspecified atom stereocenters. The van der Waals surface area contributed by atoms with Crippen LogP contribution in [0.15, 0.2) is 73.8 Å². The van der Waals surface area contributed by atoms with Gasteiger partial charge in [-0.1, -0.05) is 28.1 Å². The summed E-state index contributed by atoms with van der Waals surface area (Å²) in [5.41, 5.74) is 1.16. The number of aromatic nitrogens is 1. The molecule has 4 rings (SSSR count). The molecule has 2 aromatic heterocycles. The zero-order valence-electron chi connectivity index (χ0n) is 12.2. The molecule has 0 saturated heterocycles. The molecular formula is C17H10BrN3O2S. The maximum atomic E-state index is 12.8. The van der Waals surface area contributed by atoms with Gasteiger partial charge in [-0.25, -0.2) is 14.9 Å². The van der Waals surface area contributed by atoms with Crippen molar-refractivity contribution in [2.75, 3.05) is 4.90 Å². The van der Waals surface area contributed by atoms with Crippen LogP contribution in [0.4, 0.5) is 5.13 Å². The summed E-state index contributed by atoms with van der Waals surface area (Å²) in [6, 6.07) is 11.2. The van der Waals surface area contributed by atoms with Gasteiger partial charge in [-0.15, -0.1) is 11.3 Å². The molecule has 0 bridgehead atoms. The fourth-order valence-corrected chi connectivity index (χ4v) is 3.23. The van der Waals surface area contributed by atoms with E-state index in [9.17, 15) is 4.79 Å². The molecule has 118 valence electrons. The normalized spacial score (nSPS) is 16.0. The first-order chi connectivity index (χ1) is 11.7. The van der Waals surface area contributed by atoms with Crippen LogP contribution in [0.25, 0.3) is 6.08 Å². The number of benzene rings is 1. The van der Waals surface area contributed by atoms with Crippen molar-refractivity contribution in [3.8, 4) is 0 Å². The minimum atomic E-state index is -0.223. The Kier molecular flexibility index (Phi) is 3.87. The molecule has 1 aliphatic heterocycles. The van der Waals surface area contributed by atoms with Gasteiger partial charge < -0.3 is 4.42 Å². The van der Waals surface area contributed by atoms with Crippen LogP contribution >= 0.6 is 27.3 Å². The van der Waals surface area contributed by atoms with Crippen molar-refractivity contribution in [1.82, 2.24) is 4.98 Å². The van der Waals surface area contributed by atoms with E-state index in [1.54, 1.807) is 30.7 Å². The van der Waals surface area contributed by atoms with E-state index in [1.807, 2.05) is 29.6 Å². The summed E-state index contributed by atoms with van der Waals surface area (Å²) in [6.07, 6.45) is 4.86. The maximum Gasteiger partial charge on any atom is 0.284 e. The topological polar surface area (TPSA) is 58.7 Å². The molecule has 7 heteroatoms.